The standard InChI is InChI=1S/C16H12INOS/c17-13-7-3-1-6-12(13)10-18-16(19)15-9-11-5-2-4-8-14(11)20-15/h1-9H,10H2,(H,18,19). The van der Waals surface area contributed by atoms with Gasteiger partial charge in [0.2, 0.25) is 0 Å². The monoisotopic (exact) mass is 393 g/mol. The zero-order valence-corrected chi connectivity index (χ0v) is 13.6. The number of nitrogens with one attached hydrogen (secondary N) is 1. The van der Waals surface area contributed by atoms with E-state index < -0.39 is 0 Å². The van der Waals surface area contributed by atoms with Crippen molar-refractivity contribution in [2.45, 2.75) is 6.54 Å². The molecular weight excluding hydrogens is 381 g/mol. The van der Waals surface area contributed by atoms with E-state index in [2.05, 4.69) is 27.9 Å². The van der Waals surface area contributed by atoms with Gasteiger partial charge in [-0.3, -0.25) is 4.79 Å². The molecule has 2 nitrogen and oxygen atoms in total. The van der Waals surface area contributed by atoms with E-state index >= 15 is 0 Å². The largest absolute Gasteiger partial charge is 0.347 e. The molecule has 0 unspecified atom stereocenters. The van der Waals surface area contributed by atoms with Gasteiger partial charge < -0.3 is 5.32 Å². The molecule has 0 aliphatic carbocycles. The van der Waals surface area contributed by atoms with Crippen LogP contribution in [0.4, 0.5) is 0 Å². The first-order valence-corrected chi connectivity index (χ1v) is 8.14. The van der Waals surface area contributed by atoms with Crippen LogP contribution in [0.5, 0.6) is 0 Å². The lowest BCUT2D eigenvalue weighted by Gasteiger charge is -2.05. The van der Waals surface area contributed by atoms with Gasteiger partial charge in [-0.1, -0.05) is 36.4 Å². The van der Waals surface area contributed by atoms with Crippen LogP contribution in [0.2, 0.25) is 0 Å². The van der Waals surface area contributed by atoms with Crippen molar-refractivity contribution in [1.82, 2.24) is 5.32 Å². The smallest absolute Gasteiger partial charge is 0.261 e. The van der Waals surface area contributed by atoms with Crippen LogP contribution in [0.25, 0.3) is 10.1 Å². The Morgan fingerprint density at radius 2 is 1.85 bits per heavy atom. The van der Waals surface area contributed by atoms with Gasteiger partial charge in [-0.2, -0.15) is 0 Å². The summed E-state index contributed by atoms with van der Waals surface area (Å²) in [6, 6.07) is 18.1. The maximum absolute atomic E-state index is 12.2. The van der Waals surface area contributed by atoms with Gasteiger partial charge in [-0.25, -0.2) is 0 Å². The van der Waals surface area contributed by atoms with Crippen molar-refractivity contribution < 1.29 is 4.79 Å². The van der Waals surface area contributed by atoms with E-state index in [0.29, 0.717) is 6.54 Å². The Bertz CT molecular complexity index is 733. The lowest BCUT2D eigenvalue weighted by molar-refractivity contribution is 0.0955. The van der Waals surface area contributed by atoms with Crippen molar-refractivity contribution in [3.8, 4) is 0 Å². The molecule has 0 aliphatic rings. The van der Waals surface area contributed by atoms with Crippen LogP contribution < -0.4 is 5.32 Å². The van der Waals surface area contributed by atoms with E-state index in [0.717, 1.165) is 20.5 Å². The zero-order chi connectivity index (χ0) is 13.9. The fourth-order valence-electron chi connectivity index (χ4n) is 2.00. The third-order valence-electron chi connectivity index (χ3n) is 3.05. The molecule has 1 N–H and O–H groups in total. The Labute approximate surface area is 135 Å². The third kappa shape index (κ3) is 2.86. The second kappa shape index (κ2) is 5.93. The SMILES string of the molecule is O=C(NCc1ccccc1I)c1cc2ccccc2s1. The highest BCUT2D eigenvalue weighted by Crippen LogP contribution is 2.25. The van der Waals surface area contributed by atoms with Gasteiger partial charge in [0, 0.05) is 14.8 Å². The lowest BCUT2D eigenvalue weighted by Crippen LogP contribution is -2.22. The van der Waals surface area contributed by atoms with Gasteiger partial charge in [0.25, 0.3) is 5.91 Å². The van der Waals surface area contributed by atoms with Crippen molar-refractivity contribution in [1.29, 1.82) is 0 Å². The van der Waals surface area contributed by atoms with Crippen LogP contribution in [0.1, 0.15) is 15.2 Å². The summed E-state index contributed by atoms with van der Waals surface area (Å²) in [5, 5.41) is 4.11. The summed E-state index contributed by atoms with van der Waals surface area (Å²) >= 11 is 3.82. The van der Waals surface area contributed by atoms with Crippen molar-refractivity contribution in [3.05, 3.63) is 68.6 Å². The van der Waals surface area contributed by atoms with Crippen LogP contribution in [-0.4, -0.2) is 5.91 Å². The number of carbonyl (C=O) groups excluding carboxylic acids is 1. The summed E-state index contributed by atoms with van der Waals surface area (Å²) in [7, 11) is 0. The van der Waals surface area contributed by atoms with Gasteiger partial charge >= 0.3 is 0 Å². The summed E-state index contributed by atoms with van der Waals surface area (Å²) < 4.78 is 2.31. The first-order chi connectivity index (χ1) is 9.74. The number of hydrogen-bond donors (Lipinski definition) is 1. The van der Waals surface area contributed by atoms with E-state index in [1.807, 2.05) is 54.6 Å². The molecule has 3 aromatic rings. The zero-order valence-electron chi connectivity index (χ0n) is 10.6. The van der Waals surface area contributed by atoms with Crippen LogP contribution in [0.3, 0.4) is 0 Å². The number of thiophene rings is 1. The Morgan fingerprint density at radius 3 is 2.65 bits per heavy atom. The highest BCUT2D eigenvalue weighted by atomic mass is 127. The predicted molar refractivity (Wildman–Crippen MR) is 92.2 cm³/mol. The number of carbonyl (C=O) groups is 1. The number of fused-ring (bicyclic) bond motifs is 1. The van der Waals surface area contributed by atoms with Crippen molar-refractivity contribution >= 4 is 49.9 Å². The van der Waals surface area contributed by atoms with Crippen molar-refractivity contribution in [2.24, 2.45) is 0 Å². The number of rotatable bonds is 3. The predicted octanol–water partition coefficient (Wildman–Crippen LogP) is 4.44. The molecular formula is C16H12INOS. The highest BCUT2D eigenvalue weighted by Gasteiger charge is 2.10. The van der Waals surface area contributed by atoms with Crippen LogP contribution >= 0.6 is 33.9 Å². The molecule has 2 aromatic carbocycles. The van der Waals surface area contributed by atoms with Crippen molar-refractivity contribution in [2.75, 3.05) is 0 Å². The van der Waals surface area contributed by atoms with E-state index in [-0.39, 0.29) is 5.91 Å². The lowest BCUT2D eigenvalue weighted by atomic mass is 10.2. The first kappa shape index (κ1) is 13.6. The first-order valence-electron chi connectivity index (χ1n) is 6.24. The second-order valence-corrected chi connectivity index (χ2v) is 6.67. The Hall–Kier alpha value is -1.40. The molecule has 4 heteroatoms. The molecule has 0 aliphatic heterocycles. The Balaban J connectivity index is 1.75. The van der Waals surface area contributed by atoms with Crippen molar-refractivity contribution in [3.63, 3.8) is 0 Å². The summed E-state index contributed by atoms with van der Waals surface area (Å²) in [6.45, 7) is 0.562. The summed E-state index contributed by atoms with van der Waals surface area (Å²) in [5.74, 6) is -0.00847. The van der Waals surface area contributed by atoms with Gasteiger partial charge in [0.05, 0.1) is 4.88 Å². The minimum atomic E-state index is -0.00847. The minimum absolute atomic E-state index is 0.00847. The maximum atomic E-state index is 12.2. The van der Waals surface area contributed by atoms with Crippen LogP contribution in [0.15, 0.2) is 54.6 Å². The van der Waals surface area contributed by atoms with E-state index in [1.165, 1.54) is 14.9 Å². The molecule has 0 saturated carbocycles. The topological polar surface area (TPSA) is 29.1 Å². The molecule has 1 aromatic heterocycles. The Morgan fingerprint density at radius 1 is 1.10 bits per heavy atom. The molecule has 0 fully saturated rings. The number of amides is 1. The molecule has 1 heterocycles. The van der Waals surface area contributed by atoms with E-state index in [4.69, 9.17) is 0 Å². The van der Waals surface area contributed by atoms with Crippen LogP contribution in [0, 0.1) is 3.57 Å². The van der Waals surface area contributed by atoms with Gasteiger partial charge in [0.15, 0.2) is 0 Å². The molecule has 3 rings (SSSR count). The molecule has 0 spiro atoms. The normalized spacial score (nSPS) is 10.7. The fraction of sp³-hybridized carbons (Fsp3) is 0.0625. The summed E-state index contributed by atoms with van der Waals surface area (Å²) in [4.78, 5) is 13.0. The quantitative estimate of drug-likeness (QED) is 0.656. The molecule has 0 saturated heterocycles. The van der Waals surface area contributed by atoms with E-state index in [9.17, 15) is 4.79 Å². The number of hydrogen-bond acceptors (Lipinski definition) is 2. The number of benzene rings is 2. The second-order valence-electron chi connectivity index (χ2n) is 4.42. The Kier molecular flexibility index (Phi) is 4.03. The molecule has 100 valence electrons. The van der Waals surface area contributed by atoms with Crippen LogP contribution in [-0.2, 0) is 6.54 Å². The molecule has 20 heavy (non-hydrogen) atoms. The summed E-state index contributed by atoms with van der Waals surface area (Å²) in [6.07, 6.45) is 0. The average Bonchev–Trinajstić information content (AvgIpc) is 2.90. The third-order valence-corrected chi connectivity index (χ3v) is 5.21. The summed E-state index contributed by atoms with van der Waals surface area (Å²) in [5.41, 5.74) is 1.14. The van der Waals surface area contributed by atoms with E-state index in [1.54, 1.807) is 0 Å². The number of halogens is 1. The van der Waals surface area contributed by atoms with Gasteiger partial charge in [-0.05, 0) is 51.7 Å². The molecule has 0 atom stereocenters. The highest BCUT2D eigenvalue weighted by molar-refractivity contribution is 14.1. The molecule has 1 amide bonds. The maximum Gasteiger partial charge on any atom is 0.261 e. The minimum Gasteiger partial charge on any atom is -0.347 e. The van der Waals surface area contributed by atoms with Gasteiger partial charge in [-0.15, -0.1) is 11.3 Å². The fourth-order valence-corrected chi connectivity index (χ4v) is 3.56. The van der Waals surface area contributed by atoms with Gasteiger partial charge in [0.1, 0.15) is 0 Å². The molecule has 0 radical (unpaired) electrons. The average molecular weight is 393 g/mol. The molecule has 0 bridgehead atoms.